The highest BCUT2D eigenvalue weighted by molar-refractivity contribution is 5.28. The van der Waals surface area contributed by atoms with Crippen LogP contribution in [-0.2, 0) is 0 Å². The Morgan fingerprint density at radius 3 is 2.57 bits per heavy atom. The average molecular weight is 289 g/mol. The van der Waals surface area contributed by atoms with Crippen LogP contribution in [-0.4, -0.2) is 13.2 Å². The zero-order valence-corrected chi connectivity index (χ0v) is 13.9. The molecule has 1 aliphatic carbocycles. The third-order valence-corrected chi connectivity index (χ3v) is 4.83. The third kappa shape index (κ3) is 5.03. The minimum absolute atomic E-state index is 0.416. The zero-order valence-electron chi connectivity index (χ0n) is 13.9. The second-order valence-electron chi connectivity index (χ2n) is 6.57. The summed E-state index contributed by atoms with van der Waals surface area (Å²) in [5, 5.41) is 3.72. The average Bonchev–Trinajstić information content (AvgIpc) is 2.52. The Hall–Kier alpha value is -1.02. The summed E-state index contributed by atoms with van der Waals surface area (Å²) in [6.07, 6.45) is 6.69. The maximum Gasteiger partial charge on any atom is 0.119 e. The van der Waals surface area contributed by atoms with Crippen LogP contribution in [0.1, 0.15) is 64.5 Å². The first-order chi connectivity index (χ1) is 10.2. The van der Waals surface area contributed by atoms with E-state index in [4.69, 9.17) is 4.74 Å². The summed E-state index contributed by atoms with van der Waals surface area (Å²) >= 11 is 0. The molecule has 1 N–H and O–H groups in total. The first-order valence-electron chi connectivity index (χ1n) is 8.66. The Morgan fingerprint density at radius 1 is 1.19 bits per heavy atom. The van der Waals surface area contributed by atoms with Crippen LogP contribution in [0, 0.1) is 11.8 Å². The highest BCUT2D eigenvalue weighted by Gasteiger charge is 2.21. The van der Waals surface area contributed by atoms with Crippen LogP contribution in [0.25, 0.3) is 0 Å². The minimum atomic E-state index is 0.416. The predicted molar refractivity (Wildman–Crippen MR) is 89.8 cm³/mol. The summed E-state index contributed by atoms with van der Waals surface area (Å²) in [6.45, 7) is 8.75. The number of ether oxygens (including phenoxy) is 1. The Labute approximate surface area is 130 Å². The van der Waals surface area contributed by atoms with Gasteiger partial charge in [-0.25, -0.2) is 0 Å². The molecule has 1 aromatic carbocycles. The van der Waals surface area contributed by atoms with Gasteiger partial charge < -0.3 is 10.1 Å². The second-order valence-corrected chi connectivity index (χ2v) is 6.57. The second kappa shape index (κ2) is 8.43. The van der Waals surface area contributed by atoms with Crippen LogP contribution >= 0.6 is 0 Å². The molecular formula is C19H31NO. The Bertz CT molecular complexity index is 401. The topological polar surface area (TPSA) is 21.3 Å². The lowest BCUT2D eigenvalue weighted by Gasteiger charge is -2.30. The molecule has 118 valence electrons. The first-order valence-corrected chi connectivity index (χ1v) is 8.66. The van der Waals surface area contributed by atoms with Crippen molar-refractivity contribution in [1.29, 1.82) is 0 Å². The van der Waals surface area contributed by atoms with E-state index < -0.39 is 0 Å². The summed E-state index contributed by atoms with van der Waals surface area (Å²) < 4.78 is 5.64. The number of rotatable bonds is 7. The van der Waals surface area contributed by atoms with E-state index in [-0.39, 0.29) is 0 Å². The van der Waals surface area contributed by atoms with Crippen molar-refractivity contribution in [3.8, 4) is 5.75 Å². The van der Waals surface area contributed by atoms with Gasteiger partial charge in [-0.05, 0) is 55.8 Å². The lowest BCUT2D eigenvalue weighted by Crippen LogP contribution is -2.31. The third-order valence-electron chi connectivity index (χ3n) is 4.83. The molecule has 2 nitrogen and oxygen atoms in total. The van der Waals surface area contributed by atoms with Gasteiger partial charge in [0.1, 0.15) is 5.75 Å². The molecule has 1 aromatic rings. The fraction of sp³-hybridized carbons (Fsp3) is 0.684. The smallest absolute Gasteiger partial charge is 0.119 e. The van der Waals surface area contributed by atoms with Crippen LogP contribution in [0.4, 0.5) is 0 Å². The van der Waals surface area contributed by atoms with Gasteiger partial charge in [0, 0.05) is 6.04 Å². The van der Waals surface area contributed by atoms with E-state index in [1.165, 1.54) is 31.2 Å². The SMILES string of the molecule is CCCOc1ccc(C(C)NCC2CCCCC2C)cc1. The van der Waals surface area contributed by atoms with Gasteiger partial charge in [-0.3, -0.25) is 0 Å². The highest BCUT2D eigenvalue weighted by atomic mass is 16.5. The molecule has 0 radical (unpaired) electrons. The van der Waals surface area contributed by atoms with Crippen molar-refractivity contribution < 1.29 is 4.74 Å². The molecule has 0 spiro atoms. The molecule has 2 rings (SSSR count). The number of hydrogen-bond donors (Lipinski definition) is 1. The fourth-order valence-electron chi connectivity index (χ4n) is 3.21. The predicted octanol–water partition coefficient (Wildman–Crippen LogP) is 4.95. The van der Waals surface area contributed by atoms with Gasteiger partial charge in [-0.1, -0.05) is 45.2 Å². The molecule has 3 unspecified atom stereocenters. The van der Waals surface area contributed by atoms with E-state index in [0.29, 0.717) is 6.04 Å². The van der Waals surface area contributed by atoms with Crippen molar-refractivity contribution in [1.82, 2.24) is 5.32 Å². The molecule has 3 atom stereocenters. The van der Waals surface area contributed by atoms with E-state index in [0.717, 1.165) is 37.2 Å². The molecule has 2 heteroatoms. The van der Waals surface area contributed by atoms with Crippen molar-refractivity contribution in [2.75, 3.05) is 13.2 Å². The Morgan fingerprint density at radius 2 is 1.90 bits per heavy atom. The van der Waals surface area contributed by atoms with Crippen LogP contribution in [0.15, 0.2) is 24.3 Å². The summed E-state index contributed by atoms with van der Waals surface area (Å²) in [6, 6.07) is 8.97. The minimum Gasteiger partial charge on any atom is -0.494 e. The van der Waals surface area contributed by atoms with Crippen LogP contribution in [0.2, 0.25) is 0 Å². The van der Waals surface area contributed by atoms with Crippen molar-refractivity contribution in [3.63, 3.8) is 0 Å². The molecule has 21 heavy (non-hydrogen) atoms. The lowest BCUT2D eigenvalue weighted by molar-refractivity contribution is 0.242. The van der Waals surface area contributed by atoms with Gasteiger partial charge in [0.05, 0.1) is 6.61 Å². The largest absolute Gasteiger partial charge is 0.494 e. The van der Waals surface area contributed by atoms with Crippen LogP contribution in [0.5, 0.6) is 5.75 Å². The standard InChI is InChI=1S/C19H31NO/c1-4-13-21-19-11-9-17(10-12-19)16(3)20-14-18-8-6-5-7-15(18)2/h9-12,15-16,18,20H,4-8,13-14H2,1-3H3. The van der Waals surface area contributed by atoms with E-state index >= 15 is 0 Å². The number of hydrogen-bond acceptors (Lipinski definition) is 2. The molecule has 0 aromatic heterocycles. The normalized spacial score (nSPS) is 23.8. The highest BCUT2D eigenvalue weighted by Crippen LogP contribution is 2.29. The molecule has 0 bridgehead atoms. The van der Waals surface area contributed by atoms with E-state index in [1.54, 1.807) is 0 Å². The van der Waals surface area contributed by atoms with Gasteiger partial charge in [-0.2, -0.15) is 0 Å². The molecule has 0 saturated heterocycles. The van der Waals surface area contributed by atoms with E-state index in [1.807, 2.05) is 0 Å². The summed E-state index contributed by atoms with van der Waals surface area (Å²) in [4.78, 5) is 0. The Kier molecular flexibility index (Phi) is 6.56. The fourth-order valence-corrected chi connectivity index (χ4v) is 3.21. The van der Waals surface area contributed by atoms with Crippen LogP contribution < -0.4 is 10.1 Å². The molecule has 1 saturated carbocycles. The molecule has 0 aliphatic heterocycles. The summed E-state index contributed by atoms with van der Waals surface area (Å²) in [5.74, 6) is 2.71. The van der Waals surface area contributed by atoms with E-state index in [9.17, 15) is 0 Å². The summed E-state index contributed by atoms with van der Waals surface area (Å²) in [7, 11) is 0. The van der Waals surface area contributed by atoms with Gasteiger partial charge in [0.2, 0.25) is 0 Å². The van der Waals surface area contributed by atoms with E-state index in [2.05, 4.69) is 50.4 Å². The van der Waals surface area contributed by atoms with Crippen molar-refractivity contribution in [2.45, 2.75) is 58.9 Å². The molecule has 1 fully saturated rings. The molecule has 1 aliphatic rings. The molecule has 0 amide bonds. The van der Waals surface area contributed by atoms with Gasteiger partial charge in [0.15, 0.2) is 0 Å². The maximum absolute atomic E-state index is 5.64. The van der Waals surface area contributed by atoms with Crippen molar-refractivity contribution >= 4 is 0 Å². The van der Waals surface area contributed by atoms with Gasteiger partial charge in [-0.15, -0.1) is 0 Å². The van der Waals surface area contributed by atoms with Crippen molar-refractivity contribution in [2.24, 2.45) is 11.8 Å². The van der Waals surface area contributed by atoms with Gasteiger partial charge in [0.25, 0.3) is 0 Å². The zero-order chi connectivity index (χ0) is 15.1. The monoisotopic (exact) mass is 289 g/mol. The molecule has 0 heterocycles. The molecular weight excluding hydrogens is 258 g/mol. The van der Waals surface area contributed by atoms with Crippen molar-refractivity contribution in [3.05, 3.63) is 29.8 Å². The lowest BCUT2D eigenvalue weighted by atomic mass is 9.80. The Balaban J connectivity index is 1.80. The maximum atomic E-state index is 5.64. The number of benzene rings is 1. The van der Waals surface area contributed by atoms with Gasteiger partial charge >= 0.3 is 0 Å². The quantitative estimate of drug-likeness (QED) is 0.766. The number of nitrogens with one attached hydrogen (secondary N) is 1. The summed E-state index contributed by atoms with van der Waals surface area (Å²) in [5.41, 5.74) is 1.35. The van der Waals surface area contributed by atoms with Crippen LogP contribution in [0.3, 0.4) is 0 Å². The first kappa shape index (κ1) is 16.4.